The summed E-state index contributed by atoms with van der Waals surface area (Å²) in [5.41, 5.74) is 0.730. The summed E-state index contributed by atoms with van der Waals surface area (Å²) in [5.74, 6) is 2.14. The molecule has 1 aliphatic rings. The summed E-state index contributed by atoms with van der Waals surface area (Å²) >= 11 is 3.23. The number of ketones is 2. The number of halogens is 1. The largest absolute Gasteiger partial charge is 0.390 e. The maximum Gasteiger partial charge on any atom is 0.196 e. The van der Waals surface area contributed by atoms with E-state index in [1.807, 2.05) is 6.92 Å². The first-order chi connectivity index (χ1) is 14.9. The molecule has 0 aromatic carbocycles. The third kappa shape index (κ3) is 10.0. The fraction of sp³-hybridized carbons (Fsp3) is 0.786. The Labute approximate surface area is 205 Å². The van der Waals surface area contributed by atoms with E-state index >= 15 is 0 Å². The molecule has 3 atom stereocenters. The van der Waals surface area contributed by atoms with Crippen molar-refractivity contribution in [1.82, 2.24) is 0 Å². The molecule has 1 aliphatic carbocycles. The molecular formula is C28H47BrO3. The predicted octanol–water partition coefficient (Wildman–Crippen LogP) is 8.09. The van der Waals surface area contributed by atoms with Gasteiger partial charge in [0.1, 0.15) is 0 Å². The first-order valence-electron chi connectivity index (χ1n) is 12.7. The minimum atomic E-state index is -0.812. The Hall–Kier alpha value is -0.740. The van der Waals surface area contributed by atoms with E-state index in [0.29, 0.717) is 40.0 Å². The van der Waals surface area contributed by atoms with Crippen molar-refractivity contribution in [3.63, 3.8) is 0 Å². The van der Waals surface area contributed by atoms with Gasteiger partial charge in [0.15, 0.2) is 11.6 Å². The third-order valence-electron chi connectivity index (χ3n) is 7.13. The fourth-order valence-corrected chi connectivity index (χ4v) is 5.08. The summed E-state index contributed by atoms with van der Waals surface area (Å²) in [6.07, 6.45) is 11.7. The van der Waals surface area contributed by atoms with Crippen molar-refractivity contribution in [2.24, 2.45) is 17.8 Å². The summed E-state index contributed by atoms with van der Waals surface area (Å²) in [7, 11) is 0. The first-order valence-corrected chi connectivity index (χ1v) is 13.5. The van der Waals surface area contributed by atoms with Gasteiger partial charge >= 0.3 is 0 Å². The van der Waals surface area contributed by atoms with Crippen molar-refractivity contribution in [2.45, 2.75) is 125 Å². The van der Waals surface area contributed by atoms with Crippen LogP contribution >= 0.6 is 15.9 Å². The lowest BCUT2D eigenvalue weighted by Crippen LogP contribution is -2.26. The molecule has 0 aliphatic heterocycles. The van der Waals surface area contributed by atoms with E-state index < -0.39 is 5.60 Å². The number of aliphatic hydroxyl groups is 1. The van der Waals surface area contributed by atoms with Gasteiger partial charge in [-0.2, -0.15) is 0 Å². The second-order valence-corrected chi connectivity index (χ2v) is 11.8. The molecule has 1 rings (SSSR count). The van der Waals surface area contributed by atoms with Crippen molar-refractivity contribution >= 4 is 27.5 Å². The molecule has 0 fully saturated rings. The van der Waals surface area contributed by atoms with Crippen molar-refractivity contribution in [3.05, 3.63) is 21.2 Å². The van der Waals surface area contributed by atoms with Crippen molar-refractivity contribution in [1.29, 1.82) is 0 Å². The Morgan fingerprint density at radius 2 is 1.28 bits per heavy atom. The molecule has 0 aromatic rings. The number of carbonyl (C=O) groups excluding carboxylic acids is 2. The number of rotatable bonds is 15. The van der Waals surface area contributed by atoms with E-state index in [-0.39, 0.29) is 11.6 Å². The van der Waals surface area contributed by atoms with Crippen LogP contribution in [0, 0.1) is 17.8 Å². The molecule has 0 radical (unpaired) electrons. The number of Topliss-reactive ketones (excluding diaryl/α,β-unsaturated/α-hetero) is 2. The minimum absolute atomic E-state index is 0.0724. The number of hydrogen-bond donors (Lipinski definition) is 1. The van der Waals surface area contributed by atoms with Gasteiger partial charge < -0.3 is 5.11 Å². The van der Waals surface area contributed by atoms with Gasteiger partial charge in [-0.3, -0.25) is 9.59 Å². The SMILES string of the molecule is CC1=C(Br)C(=O)C(C)=C(CCC(C)(O)CCC[C@H](C)CCC[C@H](C)CCCC(C)C)C1=O. The maximum absolute atomic E-state index is 12.6. The molecule has 1 unspecified atom stereocenters. The van der Waals surface area contributed by atoms with Gasteiger partial charge in [-0.1, -0.05) is 79.1 Å². The van der Waals surface area contributed by atoms with Gasteiger partial charge in [0.05, 0.1) is 10.1 Å². The van der Waals surface area contributed by atoms with Crippen molar-refractivity contribution in [2.75, 3.05) is 0 Å². The Bertz CT molecular complexity index is 699. The van der Waals surface area contributed by atoms with Gasteiger partial charge in [0, 0.05) is 16.7 Å². The lowest BCUT2D eigenvalue weighted by atomic mass is 9.84. The standard InChI is InChI=1S/C28H47BrO3/c1-19(2)11-8-12-20(3)13-9-14-21(4)15-10-17-28(7,32)18-16-24-22(5)27(31)25(29)23(6)26(24)30/h19-21,32H,8-18H2,1-7H3/t20-,21-,28?/m1/s1. The van der Waals surface area contributed by atoms with Gasteiger partial charge in [-0.15, -0.1) is 0 Å². The lowest BCUT2D eigenvalue weighted by molar-refractivity contribution is -0.116. The van der Waals surface area contributed by atoms with Crippen LogP contribution in [0.1, 0.15) is 119 Å². The highest BCUT2D eigenvalue weighted by Gasteiger charge is 2.30. The smallest absolute Gasteiger partial charge is 0.196 e. The zero-order valence-electron chi connectivity index (χ0n) is 21.7. The summed E-state index contributed by atoms with van der Waals surface area (Å²) in [4.78, 5) is 24.9. The molecule has 0 saturated carbocycles. The Morgan fingerprint density at radius 3 is 1.81 bits per heavy atom. The van der Waals surface area contributed by atoms with Gasteiger partial charge in [-0.25, -0.2) is 0 Å². The Morgan fingerprint density at radius 1 is 0.781 bits per heavy atom. The third-order valence-corrected chi connectivity index (χ3v) is 8.09. The van der Waals surface area contributed by atoms with Gasteiger partial charge in [-0.05, 0) is 73.7 Å². The highest BCUT2D eigenvalue weighted by molar-refractivity contribution is 9.12. The predicted molar refractivity (Wildman–Crippen MR) is 139 cm³/mol. The molecule has 0 heterocycles. The number of allylic oxidation sites excluding steroid dienone is 4. The lowest BCUT2D eigenvalue weighted by Gasteiger charge is -2.26. The topological polar surface area (TPSA) is 54.4 Å². The molecule has 0 amide bonds. The quantitative estimate of drug-likeness (QED) is 0.226. The molecule has 4 heteroatoms. The van der Waals surface area contributed by atoms with E-state index in [0.717, 1.165) is 31.1 Å². The Balaban J connectivity index is 2.32. The molecule has 3 nitrogen and oxygen atoms in total. The van der Waals surface area contributed by atoms with Crippen LogP contribution < -0.4 is 0 Å². The van der Waals surface area contributed by atoms with Crippen molar-refractivity contribution in [3.8, 4) is 0 Å². The normalized spacial score (nSPS) is 19.1. The zero-order valence-corrected chi connectivity index (χ0v) is 23.2. The van der Waals surface area contributed by atoms with Crippen molar-refractivity contribution < 1.29 is 14.7 Å². The molecule has 184 valence electrons. The van der Waals surface area contributed by atoms with Crippen LogP contribution in [0.5, 0.6) is 0 Å². The fourth-order valence-electron chi connectivity index (χ4n) is 4.60. The minimum Gasteiger partial charge on any atom is -0.390 e. The number of carbonyl (C=O) groups is 2. The van der Waals surface area contributed by atoms with E-state index in [1.54, 1.807) is 13.8 Å². The molecule has 0 saturated heterocycles. The second-order valence-electron chi connectivity index (χ2n) is 11.1. The highest BCUT2D eigenvalue weighted by atomic mass is 79.9. The van der Waals surface area contributed by atoms with E-state index in [1.165, 1.54) is 38.5 Å². The van der Waals surface area contributed by atoms with Crippen LogP contribution in [-0.2, 0) is 9.59 Å². The summed E-state index contributed by atoms with van der Waals surface area (Å²) in [6, 6.07) is 0. The first kappa shape index (κ1) is 29.3. The summed E-state index contributed by atoms with van der Waals surface area (Å²) in [6.45, 7) is 14.6. The number of hydrogen-bond acceptors (Lipinski definition) is 3. The highest BCUT2D eigenvalue weighted by Crippen LogP contribution is 2.32. The van der Waals surface area contributed by atoms with Gasteiger partial charge in [0.25, 0.3) is 0 Å². The second kappa shape index (κ2) is 13.8. The molecule has 32 heavy (non-hydrogen) atoms. The zero-order chi connectivity index (χ0) is 24.5. The molecule has 0 bridgehead atoms. The monoisotopic (exact) mass is 510 g/mol. The summed E-state index contributed by atoms with van der Waals surface area (Å²) in [5, 5.41) is 10.8. The van der Waals surface area contributed by atoms with E-state index in [9.17, 15) is 14.7 Å². The average molecular weight is 512 g/mol. The average Bonchev–Trinajstić information content (AvgIpc) is 2.70. The van der Waals surface area contributed by atoms with Crippen LogP contribution in [0.2, 0.25) is 0 Å². The van der Waals surface area contributed by atoms with E-state index in [4.69, 9.17) is 0 Å². The van der Waals surface area contributed by atoms with Crippen LogP contribution in [0.15, 0.2) is 21.2 Å². The Kier molecular flexibility index (Phi) is 12.7. The molecule has 0 aromatic heterocycles. The maximum atomic E-state index is 12.6. The van der Waals surface area contributed by atoms with Crippen LogP contribution in [0.25, 0.3) is 0 Å². The van der Waals surface area contributed by atoms with Gasteiger partial charge in [0.2, 0.25) is 0 Å². The van der Waals surface area contributed by atoms with Crippen LogP contribution in [0.4, 0.5) is 0 Å². The molecule has 0 spiro atoms. The summed E-state index contributed by atoms with van der Waals surface area (Å²) < 4.78 is 0.370. The molecular weight excluding hydrogens is 464 g/mol. The van der Waals surface area contributed by atoms with E-state index in [2.05, 4.69) is 43.6 Å². The molecule has 1 N–H and O–H groups in total. The van der Waals surface area contributed by atoms with Crippen LogP contribution in [-0.4, -0.2) is 22.3 Å². The van der Waals surface area contributed by atoms with Crippen LogP contribution in [0.3, 0.4) is 0 Å².